The maximum Gasteiger partial charge on any atom is 0.325 e. The van der Waals surface area contributed by atoms with Crippen molar-refractivity contribution in [3.8, 4) is 0 Å². The number of anilines is 2. The monoisotopic (exact) mass is 315 g/mol. The Bertz CT molecular complexity index is 696. The third-order valence-electron chi connectivity index (χ3n) is 4.14. The third-order valence-corrected chi connectivity index (χ3v) is 4.14. The fraction of sp³-hybridized carbons (Fsp3) is 0.444. The molecule has 2 rings (SSSR count). The van der Waals surface area contributed by atoms with Crippen molar-refractivity contribution in [1.82, 2.24) is 4.98 Å². The Hall–Kier alpha value is -2.30. The smallest absolute Gasteiger partial charge is 0.325 e. The summed E-state index contributed by atoms with van der Waals surface area (Å²) in [5.74, 6) is 0.531. The Balaban J connectivity index is 2.60. The van der Waals surface area contributed by atoms with Crippen molar-refractivity contribution < 1.29 is 9.53 Å². The summed E-state index contributed by atoms with van der Waals surface area (Å²) in [6.45, 7) is 8.39. The van der Waals surface area contributed by atoms with Gasteiger partial charge in [0.15, 0.2) is 0 Å². The summed E-state index contributed by atoms with van der Waals surface area (Å²) in [5.41, 5.74) is 2.28. The molecule has 0 aliphatic heterocycles. The molecule has 124 valence electrons. The van der Waals surface area contributed by atoms with Crippen LogP contribution in [0.1, 0.15) is 19.4 Å². The number of hydrogen-bond acceptors (Lipinski definition) is 5. The standard InChI is InChI=1S/C18H25N3O2/c1-6-21(7-2)15-11-19-18(20(4)12-16(22)23-5)17-13(3)9-8-10-14(15)17/h8-11H,6-7,12H2,1-5H3. The van der Waals surface area contributed by atoms with Gasteiger partial charge in [0.2, 0.25) is 0 Å². The zero-order valence-electron chi connectivity index (χ0n) is 14.6. The molecule has 0 saturated heterocycles. The second kappa shape index (κ2) is 7.31. The molecule has 2 aromatic rings. The van der Waals surface area contributed by atoms with E-state index in [9.17, 15) is 4.79 Å². The minimum atomic E-state index is -0.274. The van der Waals surface area contributed by atoms with Gasteiger partial charge in [-0.15, -0.1) is 0 Å². The van der Waals surface area contributed by atoms with Crippen LogP contribution in [0.2, 0.25) is 0 Å². The lowest BCUT2D eigenvalue weighted by molar-refractivity contribution is -0.138. The number of nitrogens with zero attached hydrogens (tertiary/aromatic N) is 3. The zero-order valence-corrected chi connectivity index (χ0v) is 14.6. The van der Waals surface area contributed by atoms with Crippen molar-refractivity contribution in [1.29, 1.82) is 0 Å². The van der Waals surface area contributed by atoms with Crippen LogP contribution >= 0.6 is 0 Å². The lowest BCUT2D eigenvalue weighted by Crippen LogP contribution is -2.28. The molecule has 23 heavy (non-hydrogen) atoms. The lowest BCUT2D eigenvalue weighted by atomic mass is 10.0. The summed E-state index contributed by atoms with van der Waals surface area (Å²) in [6.07, 6.45) is 1.90. The summed E-state index contributed by atoms with van der Waals surface area (Å²) in [4.78, 5) is 20.4. The van der Waals surface area contributed by atoms with Crippen molar-refractivity contribution in [2.45, 2.75) is 20.8 Å². The van der Waals surface area contributed by atoms with Gasteiger partial charge in [0.1, 0.15) is 12.4 Å². The Labute approximate surface area is 137 Å². The van der Waals surface area contributed by atoms with Gasteiger partial charge in [0.05, 0.1) is 19.0 Å². The van der Waals surface area contributed by atoms with Crippen LogP contribution in [0, 0.1) is 6.92 Å². The van der Waals surface area contributed by atoms with E-state index in [1.165, 1.54) is 7.11 Å². The number of hydrogen-bond donors (Lipinski definition) is 0. The van der Waals surface area contributed by atoms with Crippen LogP contribution in [0.4, 0.5) is 11.5 Å². The molecule has 0 radical (unpaired) electrons. The van der Waals surface area contributed by atoms with E-state index >= 15 is 0 Å². The average Bonchev–Trinajstić information content (AvgIpc) is 2.56. The predicted molar refractivity (Wildman–Crippen MR) is 95.3 cm³/mol. The summed E-state index contributed by atoms with van der Waals surface area (Å²) >= 11 is 0. The number of benzene rings is 1. The second-order valence-electron chi connectivity index (χ2n) is 5.57. The quantitative estimate of drug-likeness (QED) is 0.767. The molecule has 0 saturated carbocycles. The molecule has 1 aromatic carbocycles. The number of aryl methyl sites for hydroxylation is 1. The number of ether oxygens (including phenoxy) is 1. The fourth-order valence-corrected chi connectivity index (χ4v) is 2.87. The number of fused-ring (bicyclic) bond motifs is 1. The van der Waals surface area contributed by atoms with Crippen molar-refractivity contribution in [3.63, 3.8) is 0 Å². The van der Waals surface area contributed by atoms with E-state index in [1.54, 1.807) is 0 Å². The number of likely N-dealkylation sites (N-methyl/N-ethyl adjacent to an activating group) is 1. The van der Waals surface area contributed by atoms with Gasteiger partial charge in [0.25, 0.3) is 0 Å². The Morgan fingerprint density at radius 1 is 1.26 bits per heavy atom. The first-order valence-corrected chi connectivity index (χ1v) is 7.94. The number of esters is 1. The molecule has 0 unspecified atom stereocenters. The highest BCUT2D eigenvalue weighted by Gasteiger charge is 2.17. The Morgan fingerprint density at radius 2 is 1.96 bits per heavy atom. The first-order chi connectivity index (χ1) is 11.0. The van der Waals surface area contributed by atoms with Crippen molar-refractivity contribution in [3.05, 3.63) is 30.0 Å². The van der Waals surface area contributed by atoms with Crippen molar-refractivity contribution in [2.24, 2.45) is 0 Å². The molecule has 5 nitrogen and oxygen atoms in total. The first-order valence-electron chi connectivity index (χ1n) is 7.94. The van der Waals surface area contributed by atoms with E-state index in [1.807, 2.05) is 18.1 Å². The van der Waals surface area contributed by atoms with Crippen LogP contribution < -0.4 is 9.80 Å². The number of carbonyl (C=O) groups excluding carboxylic acids is 1. The highest BCUT2D eigenvalue weighted by molar-refractivity contribution is 6.02. The molecule has 0 bridgehead atoms. The minimum Gasteiger partial charge on any atom is -0.468 e. The largest absolute Gasteiger partial charge is 0.468 e. The highest BCUT2D eigenvalue weighted by Crippen LogP contribution is 2.34. The number of rotatable bonds is 6. The van der Waals surface area contributed by atoms with Gasteiger partial charge in [-0.05, 0) is 26.3 Å². The van der Waals surface area contributed by atoms with Gasteiger partial charge in [-0.1, -0.05) is 18.2 Å². The zero-order chi connectivity index (χ0) is 17.0. The van der Waals surface area contributed by atoms with E-state index in [0.29, 0.717) is 0 Å². The van der Waals surface area contributed by atoms with Gasteiger partial charge in [-0.25, -0.2) is 4.98 Å². The normalized spacial score (nSPS) is 10.7. The molecule has 1 heterocycles. The Morgan fingerprint density at radius 3 is 2.57 bits per heavy atom. The number of aromatic nitrogens is 1. The molecule has 1 aromatic heterocycles. The van der Waals surface area contributed by atoms with Crippen LogP contribution in [0.3, 0.4) is 0 Å². The van der Waals surface area contributed by atoms with E-state index in [4.69, 9.17) is 4.74 Å². The molecule has 5 heteroatoms. The fourth-order valence-electron chi connectivity index (χ4n) is 2.87. The second-order valence-corrected chi connectivity index (χ2v) is 5.57. The van der Waals surface area contributed by atoms with Crippen molar-refractivity contribution in [2.75, 3.05) is 43.6 Å². The van der Waals surface area contributed by atoms with E-state index in [-0.39, 0.29) is 12.5 Å². The average molecular weight is 315 g/mol. The number of methoxy groups -OCH3 is 1. The predicted octanol–water partition coefficient (Wildman–Crippen LogP) is 3.00. The van der Waals surface area contributed by atoms with Crippen LogP contribution in [0.5, 0.6) is 0 Å². The molecule has 0 aliphatic carbocycles. The summed E-state index contributed by atoms with van der Waals surface area (Å²) in [6, 6.07) is 6.26. The van der Waals surface area contributed by atoms with Crippen LogP contribution in [-0.4, -0.2) is 44.7 Å². The van der Waals surface area contributed by atoms with Gasteiger partial charge < -0.3 is 14.5 Å². The molecule has 0 atom stereocenters. The number of carbonyl (C=O) groups is 1. The summed E-state index contributed by atoms with van der Waals surface area (Å²) < 4.78 is 4.76. The number of pyridine rings is 1. The maximum absolute atomic E-state index is 11.6. The molecule has 0 fully saturated rings. The minimum absolute atomic E-state index is 0.178. The molecule has 0 N–H and O–H groups in total. The van der Waals surface area contributed by atoms with E-state index < -0.39 is 0 Å². The Kier molecular flexibility index (Phi) is 5.42. The maximum atomic E-state index is 11.6. The van der Waals surface area contributed by atoms with Crippen molar-refractivity contribution >= 4 is 28.2 Å². The SMILES string of the molecule is CCN(CC)c1cnc(N(C)CC(=O)OC)c2c(C)cccc12. The molecular weight excluding hydrogens is 290 g/mol. The topological polar surface area (TPSA) is 45.7 Å². The van der Waals surface area contributed by atoms with E-state index in [0.717, 1.165) is 40.9 Å². The van der Waals surface area contributed by atoms with Crippen LogP contribution in [0.15, 0.2) is 24.4 Å². The van der Waals surface area contributed by atoms with Crippen LogP contribution in [0.25, 0.3) is 10.8 Å². The summed E-state index contributed by atoms with van der Waals surface area (Å²) in [5, 5.41) is 2.25. The van der Waals surface area contributed by atoms with Gasteiger partial charge >= 0.3 is 5.97 Å². The summed E-state index contributed by atoms with van der Waals surface area (Å²) in [7, 11) is 3.26. The molecule has 0 aliphatic rings. The van der Waals surface area contributed by atoms with Gasteiger partial charge in [-0.3, -0.25) is 4.79 Å². The van der Waals surface area contributed by atoms with E-state index in [2.05, 4.69) is 48.9 Å². The molecule has 0 spiro atoms. The molecule has 0 amide bonds. The lowest BCUT2D eigenvalue weighted by Gasteiger charge is -2.26. The van der Waals surface area contributed by atoms with Crippen LogP contribution in [-0.2, 0) is 9.53 Å². The third kappa shape index (κ3) is 3.38. The first kappa shape index (κ1) is 17.1. The van der Waals surface area contributed by atoms with Gasteiger partial charge in [-0.2, -0.15) is 0 Å². The molecular formula is C18H25N3O2. The highest BCUT2D eigenvalue weighted by atomic mass is 16.5. The van der Waals surface area contributed by atoms with Gasteiger partial charge in [0, 0.05) is 30.9 Å².